The van der Waals surface area contributed by atoms with Crippen molar-refractivity contribution >= 4 is 11.4 Å². The van der Waals surface area contributed by atoms with Gasteiger partial charge in [0.15, 0.2) is 0 Å². The lowest BCUT2D eigenvalue weighted by molar-refractivity contribution is -0.140. The Kier molecular flexibility index (Phi) is 4.87. The van der Waals surface area contributed by atoms with Crippen molar-refractivity contribution in [1.82, 2.24) is 29.6 Å². The van der Waals surface area contributed by atoms with Crippen LogP contribution in [0.25, 0.3) is 16.6 Å². The molecule has 9 heteroatoms. The largest absolute Gasteiger partial charge is 0.494 e. The van der Waals surface area contributed by atoms with Crippen LogP contribution in [-0.4, -0.2) is 63.0 Å². The molecule has 2 atom stereocenters. The second kappa shape index (κ2) is 7.71. The third kappa shape index (κ3) is 3.33. The summed E-state index contributed by atoms with van der Waals surface area (Å²) in [6, 6.07) is 4.62. The maximum Gasteiger partial charge on any atom is 0.228 e. The molecule has 3 aromatic rings. The summed E-state index contributed by atoms with van der Waals surface area (Å²) in [6.45, 7) is 4.40. The molecular formula is C22H25N7O2. The number of hydrogen-bond acceptors (Lipinski definition) is 6. The second-order valence-electron chi connectivity index (χ2n) is 8.33. The third-order valence-electron chi connectivity index (χ3n) is 6.58. The standard InChI is InChI=1S/C22H25N7O2/c1-14-19(11-24-14)22(30)27-5-3-18(4-6-27)28-13-17(10-25-28)15-7-20(31-2)21-16(8-23)9-26-29(21)12-15/h7,9-10,12-14,18-19,24H,3-6,11H2,1-2H3. The first-order valence-corrected chi connectivity index (χ1v) is 10.6. The Morgan fingerprint density at radius 3 is 2.68 bits per heavy atom. The van der Waals surface area contributed by atoms with Crippen LogP contribution in [0.2, 0.25) is 0 Å². The first kappa shape index (κ1) is 19.6. The highest BCUT2D eigenvalue weighted by Crippen LogP contribution is 2.31. The number of nitriles is 1. The molecule has 2 aliphatic heterocycles. The molecule has 2 unspecified atom stereocenters. The number of carbonyl (C=O) groups excluding carboxylic acids is 1. The molecule has 160 valence electrons. The predicted octanol–water partition coefficient (Wildman–Crippen LogP) is 1.85. The molecule has 5 heterocycles. The Labute approximate surface area is 180 Å². The Balaban J connectivity index is 1.32. The van der Waals surface area contributed by atoms with Gasteiger partial charge in [-0.25, -0.2) is 4.52 Å². The molecule has 2 aliphatic rings. The fourth-order valence-electron chi connectivity index (χ4n) is 4.52. The van der Waals surface area contributed by atoms with Crippen molar-refractivity contribution in [2.24, 2.45) is 5.92 Å². The summed E-state index contributed by atoms with van der Waals surface area (Å²) in [5, 5.41) is 21.4. The predicted molar refractivity (Wildman–Crippen MR) is 113 cm³/mol. The molecule has 31 heavy (non-hydrogen) atoms. The van der Waals surface area contributed by atoms with Crippen molar-refractivity contribution in [3.8, 4) is 22.9 Å². The SMILES string of the molecule is COc1cc(-c2cnn(C3CCN(C(=O)C4CNC4C)CC3)c2)cn2ncc(C#N)c12. The number of amides is 1. The summed E-state index contributed by atoms with van der Waals surface area (Å²) in [4.78, 5) is 14.6. The molecule has 0 radical (unpaired) electrons. The minimum atomic E-state index is 0.126. The van der Waals surface area contributed by atoms with Gasteiger partial charge < -0.3 is 15.0 Å². The zero-order chi connectivity index (χ0) is 21.5. The maximum absolute atomic E-state index is 12.6. The lowest BCUT2D eigenvalue weighted by Gasteiger charge is -2.40. The molecule has 1 amide bonds. The number of pyridine rings is 1. The normalized spacial score (nSPS) is 21.6. The van der Waals surface area contributed by atoms with Gasteiger partial charge >= 0.3 is 0 Å². The molecule has 3 aromatic heterocycles. The van der Waals surface area contributed by atoms with Gasteiger partial charge in [0, 0.05) is 49.2 Å². The molecule has 0 saturated carbocycles. The van der Waals surface area contributed by atoms with Crippen LogP contribution < -0.4 is 10.1 Å². The highest BCUT2D eigenvalue weighted by atomic mass is 16.5. The molecule has 0 aromatic carbocycles. The number of fused-ring (bicyclic) bond motifs is 1. The van der Waals surface area contributed by atoms with E-state index in [9.17, 15) is 10.1 Å². The van der Waals surface area contributed by atoms with Crippen LogP contribution in [0.1, 0.15) is 31.4 Å². The van der Waals surface area contributed by atoms with E-state index >= 15 is 0 Å². The third-order valence-corrected chi connectivity index (χ3v) is 6.58. The van der Waals surface area contributed by atoms with Crippen molar-refractivity contribution in [2.45, 2.75) is 31.8 Å². The van der Waals surface area contributed by atoms with Gasteiger partial charge in [-0.2, -0.15) is 15.5 Å². The summed E-state index contributed by atoms with van der Waals surface area (Å²) in [6.07, 6.45) is 9.10. The molecule has 1 N–H and O–H groups in total. The molecule has 2 saturated heterocycles. The average Bonchev–Trinajstić information content (AvgIpc) is 3.44. The van der Waals surface area contributed by atoms with Gasteiger partial charge in [0.05, 0.1) is 31.5 Å². The van der Waals surface area contributed by atoms with Crippen LogP contribution in [0, 0.1) is 17.2 Å². The number of rotatable bonds is 4. The minimum absolute atomic E-state index is 0.126. The number of ether oxygens (including phenoxy) is 1. The van der Waals surface area contributed by atoms with Crippen LogP contribution in [-0.2, 0) is 4.79 Å². The lowest BCUT2D eigenvalue weighted by atomic mass is 9.91. The van der Waals surface area contributed by atoms with Crippen molar-refractivity contribution in [2.75, 3.05) is 26.7 Å². The number of likely N-dealkylation sites (tertiary alicyclic amines) is 1. The Morgan fingerprint density at radius 1 is 1.23 bits per heavy atom. The quantitative estimate of drug-likeness (QED) is 0.693. The van der Waals surface area contributed by atoms with Crippen molar-refractivity contribution in [1.29, 1.82) is 5.26 Å². The van der Waals surface area contributed by atoms with Gasteiger partial charge in [0.2, 0.25) is 5.91 Å². The van der Waals surface area contributed by atoms with Gasteiger partial charge in [0.25, 0.3) is 0 Å². The van der Waals surface area contributed by atoms with Gasteiger partial charge in [-0.05, 0) is 25.8 Å². The van der Waals surface area contributed by atoms with E-state index in [0.29, 0.717) is 16.8 Å². The van der Waals surface area contributed by atoms with Crippen LogP contribution in [0.3, 0.4) is 0 Å². The van der Waals surface area contributed by atoms with Crippen molar-refractivity contribution in [3.63, 3.8) is 0 Å². The summed E-state index contributed by atoms with van der Waals surface area (Å²) >= 11 is 0. The average molecular weight is 419 g/mol. The van der Waals surface area contributed by atoms with E-state index in [1.54, 1.807) is 17.8 Å². The van der Waals surface area contributed by atoms with Crippen LogP contribution in [0.5, 0.6) is 5.75 Å². The lowest BCUT2D eigenvalue weighted by Crippen LogP contribution is -2.59. The Morgan fingerprint density at radius 2 is 2.03 bits per heavy atom. The summed E-state index contributed by atoms with van der Waals surface area (Å²) in [7, 11) is 1.59. The van der Waals surface area contributed by atoms with E-state index in [-0.39, 0.29) is 23.9 Å². The summed E-state index contributed by atoms with van der Waals surface area (Å²) in [5.74, 6) is 1.01. The first-order chi connectivity index (χ1) is 15.1. The fourth-order valence-corrected chi connectivity index (χ4v) is 4.52. The number of piperidine rings is 1. The number of hydrogen-bond donors (Lipinski definition) is 1. The van der Waals surface area contributed by atoms with E-state index in [2.05, 4.69) is 28.5 Å². The zero-order valence-corrected chi connectivity index (χ0v) is 17.7. The number of nitrogens with zero attached hydrogens (tertiary/aromatic N) is 6. The molecule has 5 rings (SSSR count). The van der Waals surface area contributed by atoms with Crippen LogP contribution in [0.4, 0.5) is 0 Å². The highest BCUT2D eigenvalue weighted by Gasteiger charge is 2.37. The molecular weight excluding hydrogens is 394 g/mol. The maximum atomic E-state index is 12.6. The van der Waals surface area contributed by atoms with Crippen LogP contribution >= 0.6 is 0 Å². The van der Waals surface area contributed by atoms with E-state index in [1.165, 1.54) is 0 Å². The number of nitrogens with one attached hydrogen (secondary N) is 1. The van der Waals surface area contributed by atoms with Crippen molar-refractivity contribution in [3.05, 3.63) is 36.4 Å². The number of carbonyl (C=O) groups is 1. The molecule has 9 nitrogen and oxygen atoms in total. The first-order valence-electron chi connectivity index (χ1n) is 10.6. The zero-order valence-electron chi connectivity index (χ0n) is 17.7. The molecule has 0 spiro atoms. The highest BCUT2D eigenvalue weighted by molar-refractivity contribution is 5.81. The van der Waals surface area contributed by atoms with Crippen molar-refractivity contribution < 1.29 is 9.53 Å². The van der Waals surface area contributed by atoms with E-state index in [4.69, 9.17) is 4.74 Å². The van der Waals surface area contributed by atoms with E-state index in [1.807, 2.05) is 34.2 Å². The number of methoxy groups -OCH3 is 1. The van der Waals surface area contributed by atoms with E-state index in [0.717, 1.165) is 43.6 Å². The summed E-state index contributed by atoms with van der Waals surface area (Å²) < 4.78 is 9.18. The fraction of sp³-hybridized carbons (Fsp3) is 0.455. The Bertz CT molecular complexity index is 1170. The van der Waals surface area contributed by atoms with Gasteiger partial charge in [0.1, 0.15) is 22.9 Å². The van der Waals surface area contributed by atoms with Gasteiger partial charge in [-0.15, -0.1) is 0 Å². The molecule has 0 bridgehead atoms. The Hall–Kier alpha value is -3.38. The van der Waals surface area contributed by atoms with Crippen LogP contribution in [0.15, 0.2) is 30.9 Å². The summed E-state index contributed by atoms with van der Waals surface area (Å²) in [5.41, 5.74) is 3.02. The van der Waals surface area contributed by atoms with Gasteiger partial charge in [-0.3, -0.25) is 9.48 Å². The molecule has 2 fully saturated rings. The number of aromatic nitrogens is 4. The molecule has 0 aliphatic carbocycles. The van der Waals surface area contributed by atoms with Gasteiger partial charge in [-0.1, -0.05) is 0 Å². The van der Waals surface area contributed by atoms with E-state index < -0.39 is 0 Å². The monoisotopic (exact) mass is 419 g/mol. The second-order valence-corrected chi connectivity index (χ2v) is 8.33. The minimum Gasteiger partial charge on any atom is -0.494 e. The smallest absolute Gasteiger partial charge is 0.228 e. The topological polar surface area (TPSA) is 100 Å².